The predicted octanol–water partition coefficient (Wildman–Crippen LogP) is 3.76. The smallest absolute Gasteiger partial charge is 0.307 e. The Bertz CT molecular complexity index is 1590. The van der Waals surface area contributed by atoms with E-state index in [0.717, 1.165) is 26.7 Å². The highest BCUT2D eigenvalue weighted by atomic mass is 32.2. The van der Waals surface area contributed by atoms with Crippen LogP contribution < -0.4 is 24.0 Å². The number of benzene rings is 3. The van der Waals surface area contributed by atoms with E-state index in [2.05, 4.69) is 5.32 Å². The maximum absolute atomic E-state index is 13.7. The molecule has 0 aliphatic rings. The number of rotatable bonds is 8. The highest BCUT2D eigenvalue weighted by Crippen LogP contribution is 2.35. The summed E-state index contributed by atoms with van der Waals surface area (Å²) in [5.41, 5.74) is 2.24. The first-order chi connectivity index (χ1) is 17.1. The van der Waals surface area contributed by atoms with Gasteiger partial charge in [-0.25, -0.2) is 8.42 Å². The van der Waals surface area contributed by atoms with Crippen LogP contribution in [0.2, 0.25) is 0 Å². The number of aromatic nitrogens is 1. The fourth-order valence-corrected chi connectivity index (χ4v) is 6.01. The van der Waals surface area contributed by atoms with Crippen molar-refractivity contribution in [3.8, 4) is 11.5 Å². The molecule has 0 spiro atoms. The van der Waals surface area contributed by atoms with Crippen LogP contribution in [0.1, 0.15) is 5.56 Å². The van der Waals surface area contributed by atoms with Crippen molar-refractivity contribution in [2.45, 2.75) is 11.8 Å². The van der Waals surface area contributed by atoms with Crippen LogP contribution in [0.4, 0.5) is 11.4 Å². The van der Waals surface area contributed by atoms with E-state index in [1.807, 2.05) is 6.92 Å². The summed E-state index contributed by atoms with van der Waals surface area (Å²) in [5.74, 6) is 0.0905. The van der Waals surface area contributed by atoms with Gasteiger partial charge in [0.15, 0.2) is 0 Å². The molecular formula is C25H25N3O6S2. The Morgan fingerprint density at radius 2 is 1.75 bits per heavy atom. The van der Waals surface area contributed by atoms with Gasteiger partial charge in [0.1, 0.15) is 18.0 Å². The minimum absolute atomic E-state index is 0.0289. The van der Waals surface area contributed by atoms with Gasteiger partial charge in [-0.15, -0.1) is 0 Å². The monoisotopic (exact) mass is 527 g/mol. The predicted molar refractivity (Wildman–Crippen MR) is 141 cm³/mol. The molecule has 0 saturated heterocycles. The molecule has 36 heavy (non-hydrogen) atoms. The Balaban J connectivity index is 1.73. The summed E-state index contributed by atoms with van der Waals surface area (Å²) in [7, 11) is 0.400. The number of amides is 1. The van der Waals surface area contributed by atoms with Crippen molar-refractivity contribution in [3.63, 3.8) is 0 Å². The van der Waals surface area contributed by atoms with Crippen LogP contribution in [-0.4, -0.2) is 39.7 Å². The second kappa shape index (κ2) is 10.0. The fraction of sp³-hybridized carbons (Fsp3) is 0.200. The summed E-state index contributed by atoms with van der Waals surface area (Å²) in [6.07, 6.45) is 0. The molecule has 9 nitrogen and oxygen atoms in total. The Labute approximate surface area is 212 Å². The van der Waals surface area contributed by atoms with Crippen molar-refractivity contribution in [2.75, 3.05) is 30.4 Å². The molecule has 0 aliphatic heterocycles. The molecule has 0 bridgehead atoms. The molecule has 3 aromatic carbocycles. The zero-order valence-electron chi connectivity index (χ0n) is 20.1. The first kappa shape index (κ1) is 25.3. The number of fused-ring (bicyclic) bond motifs is 1. The average Bonchev–Trinajstić information content (AvgIpc) is 3.14. The molecule has 1 N–H and O–H groups in total. The van der Waals surface area contributed by atoms with Crippen LogP contribution in [0.5, 0.6) is 11.5 Å². The first-order valence-electron chi connectivity index (χ1n) is 10.8. The van der Waals surface area contributed by atoms with E-state index in [0.29, 0.717) is 16.1 Å². The fourth-order valence-electron chi connectivity index (χ4n) is 3.67. The van der Waals surface area contributed by atoms with E-state index in [1.54, 1.807) is 49.5 Å². The van der Waals surface area contributed by atoms with E-state index in [4.69, 9.17) is 9.47 Å². The van der Waals surface area contributed by atoms with Crippen molar-refractivity contribution in [3.05, 3.63) is 75.9 Å². The van der Waals surface area contributed by atoms with Crippen molar-refractivity contribution >= 4 is 48.9 Å². The highest BCUT2D eigenvalue weighted by molar-refractivity contribution is 7.92. The largest absolute Gasteiger partial charge is 0.497 e. The van der Waals surface area contributed by atoms with Gasteiger partial charge in [-0.05, 0) is 49.4 Å². The molecule has 1 heterocycles. The molecule has 1 amide bonds. The third kappa shape index (κ3) is 4.93. The van der Waals surface area contributed by atoms with Crippen LogP contribution in [0.3, 0.4) is 0 Å². The molecule has 0 unspecified atom stereocenters. The SMILES string of the molecule is COc1ccc(OC)c(N(CC(=O)Nc2ccc3c(c2)sc(=O)n3C)S(=O)(=O)c2ccc(C)cc2)c1. The number of thiazole rings is 1. The van der Waals surface area contributed by atoms with E-state index < -0.39 is 22.5 Å². The Morgan fingerprint density at radius 3 is 2.42 bits per heavy atom. The number of ether oxygens (including phenoxy) is 2. The molecule has 0 aliphatic carbocycles. The van der Waals surface area contributed by atoms with E-state index >= 15 is 0 Å². The number of carbonyl (C=O) groups excluding carboxylic acids is 1. The number of carbonyl (C=O) groups is 1. The van der Waals surface area contributed by atoms with Crippen LogP contribution in [0.25, 0.3) is 10.2 Å². The minimum Gasteiger partial charge on any atom is -0.497 e. The lowest BCUT2D eigenvalue weighted by atomic mass is 10.2. The number of anilines is 2. The van der Waals surface area contributed by atoms with Gasteiger partial charge >= 0.3 is 4.87 Å². The minimum atomic E-state index is -4.16. The Hall–Kier alpha value is -3.83. The normalized spacial score (nSPS) is 11.3. The summed E-state index contributed by atoms with van der Waals surface area (Å²) in [6.45, 7) is 1.33. The van der Waals surface area contributed by atoms with Crippen LogP contribution in [0, 0.1) is 6.92 Å². The summed E-state index contributed by atoms with van der Waals surface area (Å²) in [6, 6.07) is 16.2. The number of nitrogens with zero attached hydrogens (tertiary/aromatic N) is 2. The first-order valence-corrected chi connectivity index (χ1v) is 13.1. The van der Waals surface area contributed by atoms with E-state index in [9.17, 15) is 18.0 Å². The number of aryl methyl sites for hydroxylation is 2. The van der Waals surface area contributed by atoms with E-state index in [-0.39, 0.29) is 21.2 Å². The molecule has 0 fully saturated rings. The molecule has 1 aromatic heterocycles. The molecule has 188 valence electrons. The Morgan fingerprint density at radius 1 is 1.03 bits per heavy atom. The summed E-state index contributed by atoms with van der Waals surface area (Å²) < 4.78 is 41.4. The number of sulfonamides is 1. The lowest BCUT2D eigenvalue weighted by Gasteiger charge is -2.26. The summed E-state index contributed by atoms with van der Waals surface area (Å²) in [4.78, 5) is 25.0. The van der Waals surface area contributed by atoms with Gasteiger partial charge in [0, 0.05) is 18.8 Å². The van der Waals surface area contributed by atoms with Gasteiger partial charge in [-0.1, -0.05) is 29.0 Å². The maximum atomic E-state index is 13.7. The standard InChI is InChI=1S/C25H25N3O6S2/c1-16-5-9-19(10-6-16)36(31,32)28(21-14-18(33-3)8-12-22(21)34-4)15-24(29)26-17-7-11-20-23(13-17)35-25(30)27(20)2/h5-14H,15H2,1-4H3,(H,26,29). The third-order valence-corrected chi connectivity index (χ3v) is 8.40. The molecule has 0 saturated carbocycles. The molecular weight excluding hydrogens is 502 g/mol. The Kier molecular flexibility index (Phi) is 7.04. The molecule has 4 aromatic rings. The quantitative estimate of drug-likeness (QED) is 0.374. The van der Waals surface area contributed by atoms with Crippen molar-refractivity contribution in [1.82, 2.24) is 4.57 Å². The third-order valence-electron chi connectivity index (χ3n) is 5.63. The lowest BCUT2D eigenvalue weighted by Crippen LogP contribution is -2.38. The summed E-state index contributed by atoms with van der Waals surface area (Å²) >= 11 is 1.06. The van der Waals surface area contributed by atoms with Crippen molar-refractivity contribution in [2.24, 2.45) is 7.05 Å². The number of methoxy groups -OCH3 is 2. The summed E-state index contributed by atoms with van der Waals surface area (Å²) in [5, 5.41) is 2.74. The lowest BCUT2D eigenvalue weighted by molar-refractivity contribution is -0.114. The topological polar surface area (TPSA) is 107 Å². The molecule has 0 radical (unpaired) electrons. The van der Waals surface area contributed by atoms with Gasteiger partial charge < -0.3 is 19.4 Å². The number of hydrogen-bond acceptors (Lipinski definition) is 7. The van der Waals surface area contributed by atoms with Gasteiger partial charge in [0.25, 0.3) is 10.0 Å². The maximum Gasteiger partial charge on any atom is 0.307 e. The number of hydrogen-bond donors (Lipinski definition) is 1. The van der Waals surface area contributed by atoms with Gasteiger partial charge in [0.05, 0.1) is 35.0 Å². The average molecular weight is 528 g/mol. The zero-order chi connectivity index (χ0) is 26.0. The van der Waals surface area contributed by atoms with Crippen LogP contribution >= 0.6 is 11.3 Å². The van der Waals surface area contributed by atoms with E-state index in [1.165, 1.54) is 37.0 Å². The van der Waals surface area contributed by atoms with Gasteiger partial charge in [0.2, 0.25) is 5.91 Å². The van der Waals surface area contributed by atoms with Gasteiger partial charge in [-0.2, -0.15) is 0 Å². The van der Waals surface area contributed by atoms with Crippen LogP contribution in [-0.2, 0) is 21.9 Å². The second-order valence-corrected chi connectivity index (χ2v) is 10.9. The molecule has 4 rings (SSSR count). The van der Waals surface area contributed by atoms with Crippen LogP contribution in [0.15, 0.2) is 70.4 Å². The van der Waals surface area contributed by atoms with Crippen molar-refractivity contribution in [1.29, 1.82) is 0 Å². The second-order valence-electron chi connectivity index (χ2n) is 8.02. The van der Waals surface area contributed by atoms with Gasteiger partial charge in [-0.3, -0.25) is 13.9 Å². The molecule has 0 atom stereocenters. The highest BCUT2D eigenvalue weighted by Gasteiger charge is 2.30. The van der Waals surface area contributed by atoms with Crippen molar-refractivity contribution < 1.29 is 22.7 Å². The number of nitrogens with one attached hydrogen (secondary N) is 1. The molecule has 11 heteroatoms. The zero-order valence-corrected chi connectivity index (χ0v) is 21.8.